The maximum Gasteiger partial charge on any atom is 0.119 e. The van der Waals surface area contributed by atoms with Crippen LogP contribution in [0.2, 0.25) is 0 Å². The monoisotopic (exact) mass is 371 g/mol. The lowest BCUT2D eigenvalue weighted by Gasteiger charge is -2.40. The number of likely N-dealkylation sites (tertiary alicyclic amines) is 2. The topological polar surface area (TPSA) is 28.6 Å². The van der Waals surface area contributed by atoms with E-state index < -0.39 is 0 Å². The van der Waals surface area contributed by atoms with Gasteiger partial charge in [-0.15, -0.1) is 11.3 Å². The molecular formula is C21H29N3OS. The van der Waals surface area contributed by atoms with Gasteiger partial charge in [0.25, 0.3) is 0 Å². The molecule has 2 aliphatic heterocycles. The van der Waals surface area contributed by atoms with Crippen LogP contribution in [0.4, 0.5) is 0 Å². The van der Waals surface area contributed by atoms with E-state index >= 15 is 0 Å². The molecule has 2 aromatic rings. The fourth-order valence-electron chi connectivity index (χ4n) is 4.68. The van der Waals surface area contributed by atoms with Gasteiger partial charge in [0.2, 0.25) is 0 Å². The van der Waals surface area contributed by atoms with Crippen molar-refractivity contribution in [3.05, 3.63) is 45.9 Å². The molecular weight excluding hydrogens is 342 g/mol. The average molecular weight is 372 g/mol. The van der Waals surface area contributed by atoms with E-state index in [4.69, 9.17) is 4.74 Å². The Morgan fingerprint density at radius 2 is 2.00 bits per heavy atom. The predicted octanol–water partition coefficient (Wildman–Crippen LogP) is 3.95. The Bertz CT molecular complexity index is 746. The average Bonchev–Trinajstić information content (AvgIpc) is 3.22. The van der Waals surface area contributed by atoms with E-state index in [0.29, 0.717) is 5.41 Å². The minimum absolute atomic E-state index is 0.474. The third-order valence-corrected chi connectivity index (χ3v) is 6.67. The molecule has 2 fully saturated rings. The molecule has 5 heteroatoms. The van der Waals surface area contributed by atoms with Crippen molar-refractivity contribution in [2.24, 2.45) is 5.41 Å². The summed E-state index contributed by atoms with van der Waals surface area (Å²) in [6.45, 7) is 9.01. The zero-order chi connectivity index (χ0) is 18.0. The highest BCUT2D eigenvalue weighted by Gasteiger charge is 2.41. The lowest BCUT2D eigenvalue weighted by atomic mass is 9.79. The normalized spacial score (nSPS) is 24.4. The van der Waals surface area contributed by atoms with Crippen LogP contribution in [0.15, 0.2) is 29.6 Å². The van der Waals surface area contributed by atoms with E-state index in [1.165, 1.54) is 61.7 Å². The third kappa shape index (κ3) is 4.11. The second-order valence-electron chi connectivity index (χ2n) is 7.98. The van der Waals surface area contributed by atoms with Crippen molar-refractivity contribution in [3.8, 4) is 5.75 Å². The first-order valence-electron chi connectivity index (χ1n) is 9.63. The Morgan fingerprint density at radius 1 is 1.15 bits per heavy atom. The van der Waals surface area contributed by atoms with Gasteiger partial charge in [-0.05, 0) is 62.4 Å². The van der Waals surface area contributed by atoms with Crippen LogP contribution in [-0.2, 0) is 13.1 Å². The van der Waals surface area contributed by atoms with Crippen LogP contribution in [0.5, 0.6) is 5.75 Å². The van der Waals surface area contributed by atoms with Gasteiger partial charge in [-0.1, -0.05) is 12.1 Å². The number of benzene rings is 1. The summed E-state index contributed by atoms with van der Waals surface area (Å²) in [5.74, 6) is 0.958. The number of methoxy groups -OCH3 is 1. The molecule has 0 bridgehead atoms. The third-order valence-electron chi connectivity index (χ3n) is 5.85. The highest BCUT2D eigenvalue weighted by Crippen LogP contribution is 2.40. The molecule has 0 unspecified atom stereocenters. The number of hydrogen-bond acceptors (Lipinski definition) is 5. The van der Waals surface area contributed by atoms with Gasteiger partial charge >= 0.3 is 0 Å². The number of piperidine rings is 1. The molecule has 0 N–H and O–H groups in total. The number of ether oxygens (including phenoxy) is 1. The molecule has 1 aromatic heterocycles. The lowest BCUT2D eigenvalue weighted by Crippen LogP contribution is -2.44. The fourth-order valence-corrected chi connectivity index (χ4v) is 5.28. The van der Waals surface area contributed by atoms with Gasteiger partial charge in [0.1, 0.15) is 5.75 Å². The second-order valence-corrected chi connectivity index (χ2v) is 9.05. The predicted molar refractivity (Wildman–Crippen MR) is 107 cm³/mol. The summed E-state index contributed by atoms with van der Waals surface area (Å²) in [7, 11) is 1.74. The minimum Gasteiger partial charge on any atom is -0.497 e. The Hall–Kier alpha value is -1.43. The summed E-state index contributed by atoms with van der Waals surface area (Å²) in [5.41, 5.74) is 3.07. The summed E-state index contributed by atoms with van der Waals surface area (Å²) >= 11 is 1.76. The molecule has 2 saturated heterocycles. The van der Waals surface area contributed by atoms with Gasteiger partial charge in [-0.3, -0.25) is 9.80 Å². The largest absolute Gasteiger partial charge is 0.497 e. The number of hydrogen-bond donors (Lipinski definition) is 0. The summed E-state index contributed by atoms with van der Waals surface area (Å²) < 4.78 is 5.38. The minimum atomic E-state index is 0.474. The first kappa shape index (κ1) is 18.0. The molecule has 0 amide bonds. The molecule has 1 spiro atoms. The standard InChI is InChI=1S/C21H29N3OS/c1-17-22-19(14-26-17)13-24-10-8-21(16-24)7-4-9-23(15-21)12-18-5-3-6-20(11-18)25-2/h3,5-6,11,14H,4,7-10,12-13,15-16H2,1-2H3/t21-/m1/s1. The van der Waals surface area contributed by atoms with Crippen molar-refractivity contribution in [2.45, 2.75) is 39.3 Å². The maximum absolute atomic E-state index is 5.38. The first-order chi connectivity index (χ1) is 12.6. The van der Waals surface area contributed by atoms with Crippen LogP contribution in [0.3, 0.4) is 0 Å². The van der Waals surface area contributed by atoms with Gasteiger partial charge in [-0.2, -0.15) is 0 Å². The van der Waals surface area contributed by atoms with Gasteiger partial charge in [-0.25, -0.2) is 4.98 Å². The van der Waals surface area contributed by atoms with Gasteiger partial charge in [0, 0.05) is 31.6 Å². The Kier molecular flexibility index (Phi) is 5.30. The molecule has 0 saturated carbocycles. The Labute approximate surface area is 160 Å². The molecule has 2 aliphatic rings. The van der Waals surface area contributed by atoms with Crippen molar-refractivity contribution in [1.82, 2.24) is 14.8 Å². The highest BCUT2D eigenvalue weighted by molar-refractivity contribution is 7.09. The molecule has 4 rings (SSSR count). The SMILES string of the molecule is COc1cccc(CN2CCC[C@@]3(CCN(Cc4csc(C)n4)C3)C2)c1. The van der Waals surface area contributed by atoms with E-state index in [2.05, 4.69) is 45.3 Å². The van der Waals surface area contributed by atoms with Crippen molar-refractivity contribution in [3.63, 3.8) is 0 Å². The molecule has 0 aliphatic carbocycles. The van der Waals surface area contributed by atoms with Crippen molar-refractivity contribution in [2.75, 3.05) is 33.3 Å². The van der Waals surface area contributed by atoms with Gasteiger partial charge in [0.05, 0.1) is 17.8 Å². The highest BCUT2D eigenvalue weighted by atomic mass is 32.1. The number of thiazole rings is 1. The van der Waals surface area contributed by atoms with Crippen LogP contribution in [0.1, 0.15) is 35.5 Å². The van der Waals surface area contributed by atoms with E-state index in [-0.39, 0.29) is 0 Å². The molecule has 26 heavy (non-hydrogen) atoms. The van der Waals surface area contributed by atoms with Crippen molar-refractivity contribution < 1.29 is 4.74 Å². The lowest BCUT2D eigenvalue weighted by molar-refractivity contribution is 0.0864. The van der Waals surface area contributed by atoms with E-state index in [0.717, 1.165) is 18.8 Å². The van der Waals surface area contributed by atoms with E-state index in [1.54, 1.807) is 18.4 Å². The quantitative estimate of drug-likeness (QED) is 0.796. The van der Waals surface area contributed by atoms with E-state index in [9.17, 15) is 0 Å². The molecule has 1 aromatic carbocycles. The van der Waals surface area contributed by atoms with Gasteiger partial charge in [0.15, 0.2) is 0 Å². The van der Waals surface area contributed by atoms with Crippen LogP contribution in [-0.4, -0.2) is 48.1 Å². The zero-order valence-corrected chi connectivity index (χ0v) is 16.7. The molecule has 140 valence electrons. The molecule has 3 heterocycles. The van der Waals surface area contributed by atoms with E-state index in [1.807, 2.05) is 6.07 Å². The Morgan fingerprint density at radius 3 is 2.77 bits per heavy atom. The molecule has 4 nitrogen and oxygen atoms in total. The van der Waals surface area contributed by atoms with Crippen LogP contribution in [0, 0.1) is 12.3 Å². The first-order valence-corrected chi connectivity index (χ1v) is 10.5. The van der Waals surface area contributed by atoms with Crippen molar-refractivity contribution >= 4 is 11.3 Å². The number of nitrogens with zero attached hydrogens (tertiary/aromatic N) is 3. The molecule has 0 radical (unpaired) electrons. The van der Waals surface area contributed by atoms with Gasteiger partial charge < -0.3 is 4.74 Å². The Balaban J connectivity index is 1.37. The fraction of sp³-hybridized carbons (Fsp3) is 0.571. The number of aromatic nitrogens is 1. The smallest absolute Gasteiger partial charge is 0.119 e. The summed E-state index contributed by atoms with van der Waals surface area (Å²) in [5, 5.41) is 3.40. The number of aryl methyl sites for hydroxylation is 1. The molecule has 1 atom stereocenters. The summed E-state index contributed by atoms with van der Waals surface area (Å²) in [4.78, 5) is 9.91. The zero-order valence-electron chi connectivity index (χ0n) is 15.9. The second kappa shape index (κ2) is 7.67. The number of rotatable bonds is 5. The summed E-state index contributed by atoms with van der Waals surface area (Å²) in [6, 6.07) is 8.51. The maximum atomic E-state index is 5.38. The van der Waals surface area contributed by atoms with Crippen LogP contribution >= 0.6 is 11.3 Å². The van der Waals surface area contributed by atoms with Crippen LogP contribution in [0.25, 0.3) is 0 Å². The van der Waals surface area contributed by atoms with Crippen molar-refractivity contribution in [1.29, 1.82) is 0 Å². The summed E-state index contributed by atoms with van der Waals surface area (Å²) in [6.07, 6.45) is 4.01. The van der Waals surface area contributed by atoms with Crippen LogP contribution < -0.4 is 4.74 Å².